The fourth-order valence-electron chi connectivity index (χ4n) is 9.71. The Labute approximate surface area is 440 Å². The summed E-state index contributed by atoms with van der Waals surface area (Å²) in [5.74, 6) is -0.211. The van der Waals surface area contributed by atoms with E-state index in [2.05, 4.69) is 71.2 Å². The van der Waals surface area contributed by atoms with Gasteiger partial charge in [-0.25, -0.2) is 0 Å². The molecule has 73 heavy (non-hydrogen) atoms. The second kappa shape index (κ2) is 38.3. The van der Waals surface area contributed by atoms with Gasteiger partial charge in [0.15, 0.2) is 8.38 Å². The van der Waals surface area contributed by atoms with Gasteiger partial charge in [-0.1, -0.05) is 117 Å². The van der Waals surface area contributed by atoms with Gasteiger partial charge in [0.1, 0.15) is 6.04 Å². The van der Waals surface area contributed by atoms with Crippen LogP contribution in [0.25, 0.3) is 0 Å². The lowest BCUT2D eigenvalue weighted by Crippen LogP contribution is -2.55. The number of carbonyl (C=O) groups excluding carboxylic acids is 7. The maximum absolute atomic E-state index is 13.3. The van der Waals surface area contributed by atoms with Crippen LogP contribution in [0.4, 0.5) is 0 Å². The van der Waals surface area contributed by atoms with E-state index in [9.17, 15) is 33.6 Å². The molecule has 1 aromatic rings. The number of methoxy groups -OCH3 is 2. The molecular weight excluding hydrogens is 952 g/mol. The number of benzene rings is 1. The number of hydrogen-bond donors (Lipinski definition) is 3. The molecule has 2 bridgehead atoms. The molecule has 3 fully saturated rings. The predicted octanol–water partition coefficient (Wildman–Crippen LogP) is 7.77. The fourth-order valence-corrected chi connectivity index (χ4v) is 10.4. The van der Waals surface area contributed by atoms with Crippen LogP contribution in [0.3, 0.4) is 0 Å². The molecule has 5 rings (SSSR count). The first-order valence-electron chi connectivity index (χ1n) is 26.9. The van der Waals surface area contributed by atoms with E-state index in [0.29, 0.717) is 57.2 Å². The number of ether oxygens (including phenoxy) is 2. The molecule has 3 N–H and O–H groups in total. The Hall–Kier alpha value is -4.28. The van der Waals surface area contributed by atoms with Crippen LogP contribution in [0, 0.1) is 24.7 Å². The van der Waals surface area contributed by atoms with E-state index in [0.717, 1.165) is 70.7 Å². The number of hydrogen-bond acceptors (Lipinski definition) is 11. The molecule has 7 amide bonds. The van der Waals surface area contributed by atoms with E-state index in [1.807, 2.05) is 36.9 Å². The van der Waals surface area contributed by atoms with Crippen molar-refractivity contribution in [1.29, 1.82) is 0 Å². The lowest BCUT2D eigenvalue weighted by atomic mass is 9.91. The quantitative estimate of drug-likeness (QED) is 0.0354. The number of fused-ring (bicyclic) bond motifs is 2. The third-order valence-electron chi connectivity index (χ3n) is 13.7. The van der Waals surface area contributed by atoms with Crippen LogP contribution in [-0.4, -0.2) is 157 Å². The van der Waals surface area contributed by atoms with Crippen LogP contribution >= 0.6 is 8.38 Å². The van der Waals surface area contributed by atoms with E-state index in [4.69, 9.17) is 18.9 Å². The average Bonchev–Trinajstić information content (AvgIpc) is 4.20. The Morgan fingerprint density at radius 2 is 1.56 bits per heavy atom. The molecule has 0 radical (unpaired) electrons. The van der Waals surface area contributed by atoms with Crippen LogP contribution in [0.2, 0.25) is 0 Å². The number of likely N-dealkylation sites (N-methyl/N-ethyl adjacent to an activating group) is 1. The van der Waals surface area contributed by atoms with Gasteiger partial charge < -0.3 is 44.2 Å². The van der Waals surface area contributed by atoms with Gasteiger partial charge in [-0.15, -0.1) is 0 Å². The summed E-state index contributed by atoms with van der Waals surface area (Å²) in [6.07, 6.45) is 16.4. The maximum Gasteiger partial charge on any atom is 0.253 e. The predicted molar refractivity (Wildman–Crippen MR) is 289 cm³/mol. The molecule has 2 saturated heterocycles. The van der Waals surface area contributed by atoms with Crippen LogP contribution < -0.4 is 10.6 Å². The maximum atomic E-state index is 13.3. The van der Waals surface area contributed by atoms with Gasteiger partial charge in [-0.3, -0.25) is 38.5 Å². The highest BCUT2D eigenvalue weighted by Gasteiger charge is 2.51. The molecule has 416 valence electrons. The lowest BCUT2D eigenvalue weighted by Gasteiger charge is -2.38. The third-order valence-corrected chi connectivity index (χ3v) is 14.6. The number of nitrogens with one attached hydrogen (secondary N) is 2. The first-order valence-corrected chi connectivity index (χ1v) is 28.3. The van der Waals surface area contributed by atoms with Crippen molar-refractivity contribution in [3.63, 3.8) is 0 Å². The number of rotatable bonds is 26. The van der Waals surface area contributed by atoms with Crippen molar-refractivity contribution in [3.8, 4) is 0 Å². The first kappa shape index (κ1) is 66.7. The van der Waals surface area contributed by atoms with E-state index in [-0.39, 0.29) is 78.5 Å². The minimum atomic E-state index is -1.44. The topological polar surface area (TPSA) is 204 Å². The highest BCUT2D eigenvalue weighted by atomic mass is 31.2. The molecule has 9 atom stereocenters. The summed E-state index contributed by atoms with van der Waals surface area (Å²) in [6, 6.07) is 10.0. The molecule has 1 aromatic carbocycles. The van der Waals surface area contributed by atoms with Crippen molar-refractivity contribution < 1.29 is 52.5 Å². The monoisotopic (exact) mass is 1050 g/mol. The number of carbonyl (C=O) groups is 7. The molecule has 3 aliphatic heterocycles. The summed E-state index contributed by atoms with van der Waals surface area (Å²) in [6.45, 7) is 20.6. The van der Waals surface area contributed by atoms with E-state index in [1.165, 1.54) is 29.0 Å². The zero-order valence-electron chi connectivity index (χ0n) is 46.6. The Morgan fingerprint density at radius 1 is 0.904 bits per heavy atom. The number of aryl methyl sites for hydroxylation is 1. The Bertz CT molecular complexity index is 1750. The normalized spacial score (nSPS) is 20.4. The summed E-state index contributed by atoms with van der Waals surface area (Å²) < 4.78 is 16.1. The molecule has 0 aromatic heterocycles. The van der Waals surface area contributed by atoms with Gasteiger partial charge in [0.2, 0.25) is 30.5 Å². The zero-order valence-corrected chi connectivity index (χ0v) is 47.5. The number of likely N-dealkylation sites (tertiary alicyclic amines) is 2. The molecule has 1 saturated carbocycles. The summed E-state index contributed by atoms with van der Waals surface area (Å²) in [5.41, 5.74) is 1.32. The van der Waals surface area contributed by atoms with E-state index >= 15 is 0 Å². The van der Waals surface area contributed by atoms with Crippen molar-refractivity contribution in [1.82, 2.24) is 30.2 Å². The number of imide groups is 1. The number of nitrogens with zero attached hydrogens (tertiary/aromatic N) is 4. The van der Waals surface area contributed by atoms with Crippen LogP contribution in [0.15, 0.2) is 42.5 Å². The number of piperidine rings is 1. The van der Waals surface area contributed by atoms with E-state index < -0.39 is 14.4 Å². The van der Waals surface area contributed by atoms with Crippen molar-refractivity contribution >= 4 is 50.7 Å². The summed E-state index contributed by atoms with van der Waals surface area (Å²) in [7, 11) is 3.72. The van der Waals surface area contributed by atoms with Gasteiger partial charge in [-0.05, 0) is 82.5 Å². The summed E-state index contributed by atoms with van der Waals surface area (Å²) in [5, 5.41) is 5.19. The highest BCUT2D eigenvalue weighted by molar-refractivity contribution is 7.46. The minimum Gasteiger partial charge on any atom is -0.379 e. The highest BCUT2D eigenvalue weighted by Crippen LogP contribution is 2.43. The molecule has 9 unspecified atom stereocenters. The van der Waals surface area contributed by atoms with Gasteiger partial charge in [0, 0.05) is 59.0 Å². The minimum absolute atomic E-state index is 0.0384. The van der Waals surface area contributed by atoms with E-state index in [1.54, 1.807) is 31.1 Å². The standard InChI is InChI=1S/C29H46N4O6.C10H19NO2.C7H8.C6H14NO3P.C3H8/c1-6-19(3)27(22(7-2)39-5)31(4)26(37)18-30-29(38)28-20-12-13-21(17-20)33(28)25(36)11-9-8-10-16-32-23(34)14-15-24(32)35;1-8(2)10(13-3)9-5-4-6-11(9)7-12;1-7-5-3-2-4-6-7;1-2-3-4-10-11(9)6-7-5-8;1-3-2/h14-15,19-22,27-28H,6-13,16-18H2,1-5H3,(H,30,38);7-10H,4-6H2,1-3H3;2-6H,1H3;5,9H,2-4,6H2,1H3,(H,7,8);3H2,1-2H3. The fraction of sp³-hybridized carbons (Fsp3) is 0.727. The smallest absolute Gasteiger partial charge is 0.253 e. The van der Waals surface area contributed by atoms with Gasteiger partial charge in [0.25, 0.3) is 11.8 Å². The molecule has 18 heteroatoms. The van der Waals surface area contributed by atoms with Crippen molar-refractivity contribution in [3.05, 3.63) is 48.0 Å². The van der Waals surface area contributed by atoms with Crippen LogP contribution in [-0.2, 0) is 47.6 Å². The molecule has 4 aliphatic rings. The molecule has 3 heterocycles. The largest absolute Gasteiger partial charge is 0.379 e. The molecule has 17 nitrogen and oxygen atoms in total. The molecule has 0 spiro atoms. The Balaban J connectivity index is 0.000000627. The van der Waals surface area contributed by atoms with Crippen LogP contribution in [0.5, 0.6) is 0 Å². The van der Waals surface area contributed by atoms with Gasteiger partial charge >= 0.3 is 0 Å². The van der Waals surface area contributed by atoms with Crippen molar-refractivity contribution in [2.45, 2.75) is 189 Å². The summed E-state index contributed by atoms with van der Waals surface area (Å²) in [4.78, 5) is 99.0. The van der Waals surface area contributed by atoms with Crippen LogP contribution in [0.1, 0.15) is 151 Å². The van der Waals surface area contributed by atoms with Crippen molar-refractivity contribution in [2.75, 3.05) is 53.8 Å². The lowest BCUT2D eigenvalue weighted by molar-refractivity contribution is -0.144. The second-order valence-corrected chi connectivity index (χ2v) is 20.9. The zero-order chi connectivity index (χ0) is 54.9. The Kier molecular flexibility index (Phi) is 35.0. The first-order chi connectivity index (χ1) is 35.0. The molecule has 1 aliphatic carbocycles. The average molecular weight is 1050 g/mol. The number of unbranched alkanes of at least 4 members (excludes halogenated alkanes) is 3. The third kappa shape index (κ3) is 23.4. The second-order valence-electron chi connectivity index (χ2n) is 19.6. The van der Waals surface area contributed by atoms with Gasteiger partial charge in [-0.2, -0.15) is 0 Å². The summed E-state index contributed by atoms with van der Waals surface area (Å²) >= 11 is 0. The van der Waals surface area contributed by atoms with Crippen molar-refractivity contribution in [2.24, 2.45) is 17.8 Å². The number of amides is 7. The molecular formula is C55H95N6O11P. The SMILES string of the molecule is CCC.CCC(C)C(C(CC)OC)N(C)C(=O)CNC(=O)C1C2CCC(C2)N1C(=O)CCCCCN1C(=O)C=CC1=O.CCCCOP(O)CNC=O.COC(C(C)C)C1CCCN1C=O.Cc1ccccc1. The Morgan fingerprint density at radius 3 is 2.08 bits per heavy atom. The van der Waals surface area contributed by atoms with Gasteiger partial charge in [0.05, 0.1) is 43.7 Å².